The van der Waals surface area contributed by atoms with Crippen LogP contribution in [0.15, 0.2) is 71.3 Å². The van der Waals surface area contributed by atoms with Crippen LogP contribution in [0.3, 0.4) is 0 Å². The van der Waals surface area contributed by atoms with Gasteiger partial charge < -0.3 is 14.6 Å². The van der Waals surface area contributed by atoms with E-state index < -0.39 is 5.91 Å². The number of carbonyl (C=O) groups is 2. The van der Waals surface area contributed by atoms with Gasteiger partial charge in [0, 0.05) is 16.1 Å². The van der Waals surface area contributed by atoms with Gasteiger partial charge in [0.2, 0.25) is 0 Å². The Morgan fingerprint density at radius 1 is 1.00 bits per heavy atom. The molecule has 0 fully saturated rings. The first kappa shape index (κ1) is 23.3. The van der Waals surface area contributed by atoms with E-state index in [1.807, 2.05) is 38.1 Å². The largest absolute Gasteiger partial charge is 0.488 e. The molecule has 172 valence electrons. The van der Waals surface area contributed by atoms with Gasteiger partial charge in [-0.2, -0.15) is 0 Å². The Morgan fingerprint density at radius 2 is 1.76 bits per heavy atom. The number of halogens is 1. The number of ketones is 1. The number of ether oxygens (including phenoxy) is 1. The fourth-order valence-corrected chi connectivity index (χ4v) is 3.66. The highest BCUT2D eigenvalue weighted by molar-refractivity contribution is 6.31. The van der Waals surface area contributed by atoms with Gasteiger partial charge in [-0.25, -0.2) is 0 Å². The molecule has 7 heteroatoms. The number of aryl methyl sites for hydroxylation is 3. The van der Waals surface area contributed by atoms with Gasteiger partial charge in [-0.15, -0.1) is 0 Å². The lowest BCUT2D eigenvalue weighted by Gasteiger charge is -2.12. The third-order valence-electron chi connectivity index (χ3n) is 5.43. The minimum atomic E-state index is -0.513. The van der Waals surface area contributed by atoms with Crippen molar-refractivity contribution in [3.05, 3.63) is 111 Å². The topological polar surface area (TPSA) is 81.4 Å². The zero-order valence-electron chi connectivity index (χ0n) is 19.0. The van der Waals surface area contributed by atoms with E-state index in [2.05, 4.69) is 10.5 Å². The van der Waals surface area contributed by atoms with Crippen LogP contribution in [-0.2, 0) is 6.61 Å². The molecule has 0 saturated carbocycles. The highest BCUT2D eigenvalue weighted by Crippen LogP contribution is 2.26. The Balaban J connectivity index is 1.59. The van der Waals surface area contributed by atoms with Crippen LogP contribution in [0.4, 0.5) is 5.69 Å². The quantitative estimate of drug-likeness (QED) is 0.317. The predicted molar refractivity (Wildman–Crippen MR) is 131 cm³/mol. The Hall–Kier alpha value is -3.90. The van der Waals surface area contributed by atoms with E-state index in [-0.39, 0.29) is 23.6 Å². The van der Waals surface area contributed by atoms with E-state index in [0.717, 1.165) is 16.9 Å². The molecule has 0 aliphatic carbocycles. The average Bonchev–Trinajstić information content (AvgIpc) is 3.21. The van der Waals surface area contributed by atoms with Crippen molar-refractivity contribution in [1.82, 2.24) is 5.16 Å². The number of hydrogen-bond acceptors (Lipinski definition) is 5. The van der Waals surface area contributed by atoms with Crippen molar-refractivity contribution < 1.29 is 18.8 Å². The summed E-state index contributed by atoms with van der Waals surface area (Å²) in [5, 5.41) is 7.10. The smallest absolute Gasteiger partial charge is 0.278 e. The maximum Gasteiger partial charge on any atom is 0.278 e. The third kappa shape index (κ3) is 5.02. The summed E-state index contributed by atoms with van der Waals surface area (Å²) in [6.45, 7) is 5.77. The van der Waals surface area contributed by atoms with Crippen LogP contribution in [-0.4, -0.2) is 16.8 Å². The lowest BCUT2D eigenvalue weighted by atomic mass is 10.0. The SMILES string of the molecule is Cc1ccc(C)c(OCc2c(C(=O)Nc3ccc(Cl)cc3C(=O)c3ccccc3)noc2C)c1. The minimum absolute atomic E-state index is 0.0934. The minimum Gasteiger partial charge on any atom is -0.488 e. The molecule has 0 aliphatic rings. The summed E-state index contributed by atoms with van der Waals surface area (Å²) in [5.41, 5.74) is 3.76. The molecule has 4 rings (SSSR count). The third-order valence-corrected chi connectivity index (χ3v) is 5.66. The van der Waals surface area contributed by atoms with E-state index in [9.17, 15) is 9.59 Å². The summed E-state index contributed by atoms with van der Waals surface area (Å²) in [5.74, 6) is 0.432. The summed E-state index contributed by atoms with van der Waals surface area (Å²) in [7, 11) is 0. The van der Waals surface area contributed by atoms with Gasteiger partial charge in [0.25, 0.3) is 5.91 Å². The lowest BCUT2D eigenvalue weighted by Crippen LogP contribution is -2.18. The molecule has 0 atom stereocenters. The molecule has 0 aliphatic heterocycles. The number of hydrogen-bond donors (Lipinski definition) is 1. The molecule has 0 unspecified atom stereocenters. The van der Waals surface area contributed by atoms with Crippen molar-refractivity contribution >= 4 is 29.0 Å². The number of benzene rings is 3. The van der Waals surface area contributed by atoms with Crippen LogP contribution >= 0.6 is 11.6 Å². The van der Waals surface area contributed by atoms with Crippen LogP contribution in [0.25, 0.3) is 0 Å². The molecule has 34 heavy (non-hydrogen) atoms. The van der Waals surface area contributed by atoms with Crippen molar-refractivity contribution in [2.24, 2.45) is 0 Å². The second-order valence-corrected chi connectivity index (χ2v) is 8.40. The first-order chi connectivity index (χ1) is 16.3. The Morgan fingerprint density at radius 3 is 2.53 bits per heavy atom. The average molecular weight is 475 g/mol. The summed E-state index contributed by atoms with van der Waals surface area (Å²) >= 11 is 6.14. The number of nitrogens with one attached hydrogen (secondary N) is 1. The molecule has 1 N–H and O–H groups in total. The standard InChI is InChI=1S/C27H23ClN2O4/c1-16-9-10-17(2)24(13-16)33-15-22-18(3)34-30-25(22)27(32)29-23-12-11-20(28)14-21(23)26(31)19-7-5-4-6-8-19/h4-14H,15H2,1-3H3,(H,29,32). The van der Waals surface area contributed by atoms with Crippen molar-refractivity contribution in [2.75, 3.05) is 5.32 Å². The van der Waals surface area contributed by atoms with Gasteiger partial charge in [0.15, 0.2) is 11.5 Å². The van der Waals surface area contributed by atoms with Crippen LogP contribution in [0.2, 0.25) is 5.02 Å². The van der Waals surface area contributed by atoms with Gasteiger partial charge in [0.1, 0.15) is 18.1 Å². The number of rotatable bonds is 7. The molecule has 4 aromatic rings. The van der Waals surface area contributed by atoms with Gasteiger partial charge in [-0.1, -0.05) is 59.2 Å². The summed E-state index contributed by atoms with van der Waals surface area (Å²) in [6.07, 6.45) is 0. The van der Waals surface area contributed by atoms with Crippen molar-refractivity contribution in [3.8, 4) is 5.75 Å². The molecular formula is C27H23ClN2O4. The number of carbonyl (C=O) groups excluding carboxylic acids is 2. The number of amides is 1. The Bertz CT molecular complexity index is 1360. The number of anilines is 1. The first-order valence-electron chi connectivity index (χ1n) is 10.7. The maximum absolute atomic E-state index is 13.1. The molecule has 1 amide bonds. The highest BCUT2D eigenvalue weighted by Gasteiger charge is 2.23. The van der Waals surface area contributed by atoms with E-state index in [1.54, 1.807) is 43.3 Å². The van der Waals surface area contributed by atoms with Crippen molar-refractivity contribution in [1.29, 1.82) is 0 Å². The zero-order valence-corrected chi connectivity index (χ0v) is 19.8. The fraction of sp³-hybridized carbons (Fsp3) is 0.148. The molecule has 0 radical (unpaired) electrons. The van der Waals surface area contributed by atoms with Crippen LogP contribution in [0.1, 0.15) is 48.9 Å². The lowest BCUT2D eigenvalue weighted by molar-refractivity contribution is 0.101. The molecule has 0 bridgehead atoms. The number of nitrogens with zero attached hydrogens (tertiary/aromatic N) is 1. The summed E-state index contributed by atoms with van der Waals surface area (Å²) in [4.78, 5) is 26.2. The van der Waals surface area contributed by atoms with Gasteiger partial charge >= 0.3 is 0 Å². The van der Waals surface area contributed by atoms with Crippen molar-refractivity contribution in [3.63, 3.8) is 0 Å². The van der Waals surface area contributed by atoms with Crippen LogP contribution in [0.5, 0.6) is 5.75 Å². The monoisotopic (exact) mass is 474 g/mol. The number of aromatic nitrogens is 1. The van der Waals surface area contributed by atoms with E-state index in [1.165, 1.54) is 6.07 Å². The van der Waals surface area contributed by atoms with E-state index in [0.29, 0.717) is 27.6 Å². The molecule has 0 saturated heterocycles. The van der Waals surface area contributed by atoms with Gasteiger partial charge in [-0.3, -0.25) is 9.59 Å². The second-order valence-electron chi connectivity index (χ2n) is 7.96. The molecule has 1 aromatic heterocycles. The van der Waals surface area contributed by atoms with Crippen LogP contribution < -0.4 is 10.1 Å². The zero-order chi connectivity index (χ0) is 24.2. The van der Waals surface area contributed by atoms with Crippen LogP contribution in [0, 0.1) is 20.8 Å². The van der Waals surface area contributed by atoms with Gasteiger partial charge in [0.05, 0.1) is 11.3 Å². The van der Waals surface area contributed by atoms with E-state index >= 15 is 0 Å². The van der Waals surface area contributed by atoms with Gasteiger partial charge in [-0.05, 0) is 56.2 Å². The molecule has 1 heterocycles. The second kappa shape index (κ2) is 9.93. The maximum atomic E-state index is 13.1. The highest BCUT2D eigenvalue weighted by atomic mass is 35.5. The first-order valence-corrected chi connectivity index (χ1v) is 11.1. The summed E-state index contributed by atoms with van der Waals surface area (Å²) < 4.78 is 11.3. The predicted octanol–water partition coefficient (Wildman–Crippen LogP) is 6.32. The van der Waals surface area contributed by atoms with E-state index in [4.69, 9.17) is 20.9 Å². The molecule has 6 nitrogen and oxygen atoms in total. The molecule has 0 spiro atoms. The normalized spacial score (nSPS) is 10.7. The fourth-order valence-electron chi connectivity index (χ4n) is 3.49. The van der Waals surface area contributed by atoms with Crippen molar-refractivity contribution in [2.45, 2.75) is 27.4 Å². The Labute approximate surface area is 202 Å². The summed E-state index contributed by atoms with van der Waals surface area (Å²) in [6, 6.07) is 19.4. The molecule has 3 aromatic carbocycles. The Kier molecular flexibility index (Phi) is 6.80. The molecular weight excluding hydrogens is 452 g/mol.